The van der Waals surface area contributed by atoms with E-state index in [2.05, 4.69) is 14.7 Å². The minimum Gasteiger partial charge on any atom is -0.543 e. The zero-order valence-corrected chi connectivity index (χ0v) is 14.9. The van der Waals surface area contributed by atoms with Gasteiger partial charge in [-0.3, -0.25) is 0 Å². The summed E-state index contributed by atoms with van der Waals surface area (Å²) in [7, 11) is 0. The second-order valence-corrected chi connectivity index (χ2v) is 4.11. The number of hydrogen-bond donors (Lipinski definition) is 0. The molecule has 0 aliphatic rings. The van der Waals surface area contributed by atoms with Crippen LogP contribution < -0.4 is 61.2 Å². The number of ether oxygens (including phenoxy) is 1. The Kier molecular flexibility index (Phi) is 6.77. The minimum absolute atomic E-state index is 0. The van der Waals surface area contributed by atoms with Crippen LogP contribution in [0, 0.1) is 0 Å². The molecule has 0 unspecified atom stereocenters. The predicted octanol–water partition coefficient (Wildman–Crippen LogP) is -0.937. The summed E-state index contributed by atoms with van der Waals surface area (Å²) >= 11 is 5.58. The van der Waals surface area contributed by atoms with Crippen molar-refractivity contribution in [1.29, 1.82) is 0 Å². The van der Waals surface area contributed by atoms with Gasteiger partial charge in [-0.1, -0.05) is 0 Å². The van der Waals surface area contributed by atoms with Gasteiger partial charge in [-0.25, -0.2) is 9.97 Å². The van der Waals surface area contributed by atoms with E-state index in [0.717, 1.165) is 18.2 Å². The normalized spacial score (nSPS) is 10.7. The van der Waals surface area contributed by atoms with Gasteiger partial charge in [0.1, 0.15) is 5.75 Å². The number of rotatable bonds is 3. The largest absolute Gasteiger partial charge is 1.00 e. The van der Waals surface area contributed by atoms with Crippen LogP contribution in [0.15, 0.2) is 30.3 Å². The molecule has 22 heavy (non-hydrogen) atoms. The molecule has 10 heteroatoms. The van der Waals surface area contributed by atoms with Crippen LogP contribution in [0.1, 0.15) is 10.5 Å². The summed E-state index contributed by atoms with van der Waals surface area (Å²) in [5, 5.41) is 10.4. The molecule has 0 N–H and O–H groups in total. The summed E-state index contributed by atoms with van der Waals surface area (Å²) in [6, 6.07) is 5.79. The maximum atomic E-state index is 12.0. The van der Waals surface area contributed by atoms with Gasteiger partial charge in [0.25, 0.3) is 0 Å². The number of hydrogen-bond acceptors (Lipinski definition) is 5. The number of benzene rings is 1. The van der Waals surface area contributed by atoms with E-state index in [1.807, 2.05) is 0 Å². The molecule has 1 aromatic heterocycles. The quantitative estimate of drug-likeness (QED) is 0.524. The molecular formula is C12H5ClF3KN2O3. The number of halogens is 4. The molecule has 0 amide bonds. The number of aromatic nitrogens is 2. The Hall–Kier alpha value is -0.714. The van der Waals surface area contributed by atoms with Crippen LogP contribution in [0.5, 0.6) is 5.75 Å². The summed E-state index contributed by atoms with van der Waals surface area (Å²) in [5.74, 6) is -1.95. The molecule has 110 valence electrons. The molecule has 0 saturated heterocycles. The maximum absolute atomic E-state index is 12.0. The molecule has 0 saturated carbocycles. The Labute approximate surface area is 169 Å². The van der Waals surface area contributed by atoms with Crippen molar-refractivity contribution in [2.75, 3.05) is 0 Å². The number of aromatic carboxylic acids is 1. The molecule has 1 aromatic carbocycles. The van der Waals surface area contributed by atoms with Gasteiger partial charge in [0, 0.05) is 5.56 Å². The van der Waals surface area contributed by atoms with Crippen molar-refractivity contribution in [3.8, 4) is 17.0 Å². The van der Waals surface area contributed by atoms with Crippen molar-refractivity contribution in [3.63, 3.8) is 0 Å². The first-order valence-corrected chi connectivity index (χ1v) is 5.74. The van der Waals surface area contributed by atoms with Crippen LogP contribution in [0.25, 0.3) is 11.3 Å². The van der Waals surface area contributed by atoms with Crippen molar-refractivity contribution >= 4 is 17.6 Å². The Morgan fingerprint density at radius 3 is 2.27 bits per heavy atom. The van der Waals surface area contributed by atoms with Gasteiger partial charge < -0.3 is 14.6 Å². The van der Waals surface area contributed by atoms with Crippen LogP contribution in [0.3, 0.4) is 0 Å². The Bertz CT molecular complexity index is 680. The fourth-order valence-corrected chi connectivity index (χ4v) is 1.68. The zero-order chi connectivity index (χ0) is 15.6. The predicted molar refractivity (Wildman–Crippen MR) is 63.5 cm³/mol. The first-order chi connectivity index (χ1) is 9.74. The second-order valence-electron chi connectivity index (χ2n) is 3.77. The Morgan fingerprint density at radius 2 is 1.77 bits per heavy atom. The van der Waals surface area contributed by atoms with Gasteiger partial charge in [-0.05, 0) is 41.9 Å². The van der Waals surface area contributed by atoms with E-state index in [-0.39, 0.29) is 62.4 Å². The van der Waals surface area contributed by atoms with Crippen LogP contribution in [0.4, 0.5) is 13.2 Å². The summed E-state index contributed by atoms with van der Waals surface area (Å²) in [6.45, 7) is 0. The van der Waals surface area contributed by atoms with Gasteiger partial charge in [0.15, 0.2) is 0 Å². The van der Waals surface area contributed by atoms with Crippen molar-refractivity contribution in [2.45, 2.75) is 6.36 Å². The summed E-state index contributed by atoms with van der Waals surface area (Å²) in [4.78, 5) is 18.0. The van der Waals surface area contributed by atoms with E-state index in [0.29, 0.717) is 5.56 Å². The average molecular weight is 357 g/mol. The molecule has 5 nitrogen and oxygen atoms in total. The topological polar surface area (TPSA) is 75.1 Å². The zero-order valence-electron chi connectivity index (χ0n) is 11.0. The van der Waals surface area contributed by atoms with Crippen molar-refractivity contribution in [2.24, 2.45) is 0 Å². The fraction of sp³-hybridized carbons (Fsp3) is 0.0833. The average Bonchev–Trinajstić information content (AvgIpc) is 2.37. The van der Waals surface area contributed by atoms with Crippen molar-refractivity contribution in [1.82, 2.24) is 9.97 Å². The fourth-order valence-electron chi connectivity index (χ4n) is 1.50. The molecule has 0 aliphatic carbocycles. The van der Waals surface area contributed by atoms with Crippen molar-refractivity contribution < 1.29 is 79.2 Å². The second kappa shape index (κ2) is 7.71. The SMILES string of the molecule is O=C([O-])c1cc(-c2ccc(OC(F)(F)F)cc2)nc(Cl)n1.[K+]. The van der Waals surface area contributed by atoms with Gasteiger partial charge in [-0.2, -0.15) is 0 Å². The molecule has 1 heterocycles. The van der Waals surface area contributed by atoms with Crippen LogP contribution >= 0.6 is 11.6 Å². The molecule has 2 rings (SSSR count). The van der Waals surface area contributed by atoms with Gasteiger partial charge in [-0.15, -0.1) is 13.2 Å². The number of alkyl halides is 3. The smallest absolute Gasteiger partial charge is 0.543 e. The minimum atomic E-state index is -4.79. The maximum Gasteiger partial charge on any atom is 1.00 e. The first-order valence-electron chi connectivity index (χ1n) is 5.37. The van der Waals surface area contributed by atoms with E-state index < -0.39 is 23.8 Å². The Balaban J connectivity index is 0.00000242. The van der Waals surface area contributed by atoms with Crippen LogP contribution in [-0.2, 0) is 0 Å². The standard InChI is InChI=1S/C12H6ClF3N2O3.K/c13-11-17-8(5-9(18-11)10(19)20)6-1-3-7(4-2-6)21-12(14,15)16;/h1-5H,(H,19,20);/q;+1/p-1. The molecular weight excluding hydrogens is 352 g/mol. The number of carbonyl (C=O) groups is 1. The number of carboxylic acids is 1. The van der Waals surface area contributed by atoms with E-state index in [4.69, 9.17) is 11.6 Å². The summed E-state index contributed by atoms with van der Waals surface area (Å²) in [5.41, 5.74) is 0.0460. The van der Waals surface area contributed by atoms with E-state index in [1.165, 1.54) is 12.1 Å². The first kappa shape index (κ1) is 19.3. The molecule has 2 aromatic rings. The number of carboxylic acid groups (broad SMARTS) is 1. The molecule has 0 spiro atoms. The molecule has 0 aliphatic heterocycles. The van der Waals surface area contributed by atoms with E-state index >= 15 is 0 Å². The molecule has 0 radical (unpaired) electrons. The van der Waals surface area contributed by atoms with Crippen molar-refractivity contribution in [3.05, 3.63) is 41.3 Å². The number of carbonyl (C=O) groups excluding carboxylic acids is 1. The molecule has 0 bridgehead atoms. The van der Waals surface area contributed by atoms with Crippen LogP contribution in [-0.4, -0.2) is 22.3 Å². The van der Waals surface area contributed by atoms with E-state index in [9.17, 15) is 23.1 Å². The third kappa shape index (κ3) is 5.49. The third-order valence-electron chi connectivity index (χ3n) is 2.29. The number of nitrogens with zero attached hydrogens (tertiary/aromatic N) is 2. The van der Waals surface area contributed by atoms with Gasteiger partial charge in [0.05, 0.1) is 17.4 Å². The molecule has 0 atom stereocenters. The van der Waals surface area contributed by atoms with Gasteiger partial charge in [0.2, 0.25) is 5.28 Å². The monoisotopic (exact) mass is 356 g/mol. The third-order valence-corrected chi connectivity index (χ3v) is 2.46. The van der Waals surface area contributed by atoms with Gasteiger partial charge >= 0.3 is 57.7 Å². The van der Waals surface area contributed by atoms with E-state index in [1.54, 1.807) is 0 Å². The molecule has 0 fully saturated rings. The van der Waals surface area contributed by atoms with Crippen LogP contribution in [0.2, 0.25) is 5.28 Å². The Morgan fingerprint density at radius 1 is 1.18 bits per heavy atom. The summed E-state index contributed by atoms with van der Waals surface area (Å²) < 4.78 is 39.8. The summed E-state index contributed by atoms with van der Waals surface area (Å²) in [6.07, 6.45) is -4.79.